The van der Waals surface area contributed by atoms with Gasteiger partial charge in [0.1, 0.15) is 11.8 Å². The molecule has 24 heavy (non-hydrogen) atoms. The summed E-state index contributed by atoms with van der Waals surface area (Å²) in [5, 5.41) is 3.99. The number of hydrogen-bond donors (Lipinski definition) is 0. The van der Waals surface area contributed by atoms with Crippen LogP contribution in [0.4, 0.5) is 0 Å². The fraction of sp³-hybridized carbons (Fsp3) is 0.312. The van der Waals surface area contributed by atoms with Crippen LogP contribution in [0.5, 0.6) is 0 Å². The summed E-state index contributed by atoms with van der Waals surface area (Å²) >= 11 is 3.33. The van der Waals surface area contributed by atoms with E-state index in [1.54, 1.807) is 18.6 Å². The van der Waals surface area contributed by atoms with Gasteiger partial charge in [0.25, 0.3) is 0 Å². The Morgan fingerprint density at radius 3 is 2.71 bits per heavy atom. The van der Waals surface area contributed by atoms with Crippen LogP contribution in [0.2, 0.25) is 0 Å². The second kappa shape index (κ2) is 7.40. The van der Waals surface area contributed by atoms with Gasteiger partial charge in [-0.3, -0.25) is 9.97 Å². The summed E-state index contributed by atoms with van der Waals surface area (Å²) in [7, 11) is -3.22. The summed E-state index contributed by atoms with van der Waals surface area (Å²) in [6, 6.07) is 7.33. The highest BCUT2D eigenvalue weighted by Gasteiger charge is 2.28. The molecule has 1 aliphatic rings. The average Bonchev–Trinajstić information content (AvgIpc) is 3.02. The third-order valence-electron chi connectivity index (χ3n) is 3.65. The van der Waals surface area contributed by atoms with Gasteiger partial charge in [0.15, 0.2) is 9.84 Å². The van der Waals surface area contributed by atoms with Crippen molar-refractivity contribution in [2.24, 2.45) is 5.16 Å². The molecule has 0 amide bonds. The highest BCUT2D eigenvalue weighted by atomic mass is 79.9. The highest BCUT2D eigenvalue weighted by Crippen LogP contribution is 2.18. The van der Waals surface area contributed by atoms with Crippen LogP contribution in [-0.4, -0.2) is 41.7 Å². The SMILES string of the molecule is O=S(=O)(CCc1ccncc1)CC1CC(c2ccc(Br)cn2)=NO1. The lowest BCUT2D eigenvalue weighted by molar-refractivity contribution is 0.102. The second-order valence-electron chi connectivity index (χ2n) is 5.55. The van der Waals surface area contributed by atoms with Gasteiger partial charge in [-0.05, 0) is 52.2 Å². The zero-order chi connectivity index (χ0) is 17.0. The molecule has 6 nitrogen and oxygen atoms in total. The van der Waals surface area contributed by atoms with E-state index in [2.05, 4.69) is 31.1 Å². The zero-order valence-corrected chi connectivity index (χ0v) is 15.2. The molecule has 0 bridgehead atoms. The standard InChI is InChI=1S/C16H16BrN3O3S/c17-13-1-2-15(19-10-13)16-9-14(23-20-16)11-24(21,22)8-5-12-3-6-18-7-4-12/h1-4,6-7,10,14H,5,8-9,11H2. The number of oxime groups is 1. The smallest absolute Gasteiger partial charge is 0.154 e. The second-order valence-corrected chi connectivity index (χ2v) is 8.70. The molecule has 126 valence electrons. The maximum atomic E-state index is 12.3. The van der Waals surface area contributed by atoms with E-state index in [1.165, 1.54) is 0 Å². The lowest BCUT2D eigenvalue weighted by Crippen LogP contribution is -2.24. The first-order valence-electron chi connectivity index (χ1n) is 7.46. The summed E-state index contributed by atoms with van der Waals surface area (Å²) in [5.41, 5.74) is 2.34. The average molecular weight is 410 g/mol. The van der Waals surface area contributed by atoms with E-state index in [-0.39, 0.29) is 11.5 Å². The van der Waals surface area contributed by atoms with Gasteiger partial charge in [0.05, 0.1) is 17.2 Å². The Labute approximate surface area is 149 Å². The predicted molar refractivity (Wildman–Crippen MR) is 94.6 cm³/mol. The predicted octanol–water partition coefficient (Wildman–Crippen LogP) is 2.39. The van der Waals surface area contributed by atoms with Gasteiger partial charge in [-0.2, -0.15) is 0 Å². The molecule has 0 radical (unpaired) electrons. The van der Waals surface area contributed by atoms with Crippen LogP contribution in [0.3, 0.4) is 0 Å². The number of halogens is 1. The largest absolute Gasteiger partial charge is 0.391 e. The van der Waals surface area contributed by atoms with E-state index in [9.17, 15) is 8.42 Å². The third kappa shape index (κ3) is 4.61. The molecule has 0 N–H and O–H groups in total. The van der Waals surface area contributed by atoms with Crippen molar-refractivity contribution in [1.82, 2.24) is 9.97 Å². The van der Waals surface area contributed by atoms with Crippen molar-refractivity contribution >= 4 is 31.5 Å². The van der Waals surface area contributed by atoms with Gasteiger partial charge < -0.3 is 4.84 Å². The van der Waals surface area contributed by atoms with Gasteiger partial charge >= 0.3 is 0 Å². The molecule has 3 heterocycles. The first-order chi connectivity index (χ1) is 11.5. The monoisotopic (exact) mass is 409 g/mol. The van der Waals surface area contributed by atoms with Crippen molar-refractivity contribution in [3.63, 3.8) is 0 Å². The summed E-state index contributed by atoms with van der Waals surface area (Å²) in [4.78, 5) is 13.5. The van der Waals surface area contributed by atoms with Crippen molar-refractivity contribution in [2.45, 2.75) is 18.9 Å². The minimum absolute atomic E-state index is 0.0401. The highest BCUT2D eigenvalue weighted by molar-refractivity contribution is 9.10. The molecule has 1 aliphatic heterocycles. The van der Waals surface area contributed by atoms with Crippen LogP contribution in [0.25, 0.3) is 0 Å². The van der Waals surface area contributed by atoms with Crippen molar-refractivity contribution in [3.05, 3.63) is 58.6 Å². The molecule has 0 saturated heterocycles. The molecule has 0 saturated carbocycles. The number of nitrogens with zero attached hydrogens (tertiary/aromatic N) is 3. The Balaban J connectivity index is 1.54. The van der Waals surface area contributed by atoms with Crippen molar-refractivity contribution < 1.29 is 13.3 Å². The van der Waals surface area contributed by atoms with Crippen molar-refractivity contribution in [2.75, 3.05) is 11.5 Å². The maximum absolute atomic E-state index is 12.3. The summed E-state index contributed by atoms with van der Waals surface area (Å²) in [5.74, 6) is 0.0460. The van der Waals surface area contributed by atoms with E-state index in [0.717, 1.165) is 10.0 Å². The molecule has 0 aromatic carbocycles. The fourth-order valence-electron chi connectivity index (χ4n) is 2.40. The Hall–Kier alpha value is -1.80. The molecule has 1 unspecified atom stereocenters. The molecule has 2 aromatic rings. The molecule has 0 fully saturated rings. The summed E-state index contributed by atoms with van der Waals surface area (Å²) in [6.45, 7) is 0. The third-order valence-corrected chi connectivity index (χ3v) is 5.82. The molecule has 0 spiro atoms. The Morgan fingerprint density at radius 1 is 1.21 bits per heavy atom. The topological polar surface area (TPSA) is 81.5 Å². The molecule has 0 aliphatic carbocycles. The number of pyridine rings is 2. The van der Waals surface area contributed by atoms with Crippen LogP contribution >= 0.6 is 15.9 Å². The first kappa shape index (κ1) is 17.0. The van der Waals surface area contributed by atoms with Gasteiger partial charge in [0.2, 0.25) is 0 Å². The summed E-state index contributed by atoms with van der Waals surface area (Å²) in [6.07, 6.45) is 5.47. The lowest BCUT2D eigenvalue weighted by Gasteiger charge is -2.09. The van der Waals surface area contributed by atoms with Crippen molar-refractivity contribution in [3.8, 4) is 0 Å². The lowest BCUT2D eigenvalue weighted by atomic mass is 10.1. The van der Waals surface area contributed by atoms with Gasteiger partial charge in [-0.15, -0.1) is 0 Å². The van der Waals surface area contributed by atoms with Crippen LogP contribution in [0.1, 0.15) is 17.7 Å². The van der Waals surface area contributed by atoms with Gasteiger partial charge in [0, 0.05) is 29.5 Å². The number of rotatable bonds is 6. The normalized spacial score (nSPS) is 17.4. The fourth-order valence-corrected chi connectivity index (χ4v) is 4.10. The summed E-state index contributed by atoms with van der Waals surface area (Å²) < 4.78 is 25.4. The molecule has 8 heteroatoms. The van der Waals surface area contributed by atoms with Crippen LogP contribution in [0, 0.1) is 0 Å². The zero-order valence-electron chi connectivity index (χ0n) is 12.8. The molecule has 1 atom stereocenters. The van der Waals surface area contributed by atoms with E-state index in [1.807, 2.05) is 24.3 Å². The first-order valence-corrected chi connectivity index (χ1v) is 10.1. The minimum atomic E-state index is -3.22. The van der Waals surface area contributed by atoms with Gasteiger partial charge in [-0.1, -0.05) is 5.16 Å². The van der Waals surface area contributed by atoms with E-state index < -0.39 is 15.9 Å². The number of aryl methyl sites for hydroxylation is 1. The van der Waals surface area contributed by atoms with Crippen LogP contribution in [0.15, 0.2) is 52.5 Å². The quantitative estimate of drug-likeness (QED) is 0.731. The van der Waals surface area contributed by atoms with Crippen molar-refractivity contribution in [1.29, 1.82) is 0 Å². The number of aromatic nitrogens is 2. The minimum Gasteiger partial charge on any atom is -0.391 e. The molecule has 2 aromatic heterocycles. The van der Waals surface area contributed by atoms with E-state index in [0.29, 0.717) is 24.2 Å². The Morgan fingerprint density at radius 2 is 2.00 bits per heavy atom. The maximum Gasteiger partial charge on any atom is 0.154 e. The molecule has 3 rings (SSSR count). The molecular formula is C16H16BrN3O3S. The number of hydrogen-bond acceptors (Lipinski definition) is 6. The van der Waals surface area contributed by atoms with E-state index in [4.69, 9.17) is 4.84 Å². The molecular weight excluding hydrogens is 394 g/mol. The van der Waals surface area contributed by atoms with Crippen LogP contribution < -0.4 is 0 Å². The Kier molecular flexibility index (Phi) is 5.25. The van der Waals surface area contributed by atoms with Crippen LogP contribution in [-0.2, 0) is 21.1 Å². The Bertz CT molecular complexity index is 823. The van der Waals surface area contributed by atoms with E-state index >= 15 is 0 Å². The number of sulfone groups is 1. The van der Waals surface area contributed by atoms with Gasteiger partial charge in [-0.25, -0.2) is 8.42 Å².